The van der Waals surface area contributed by atoms with E-state index in [-0.39, 0.29) is 6.42 Å². The number of halogens is 2. The van der Waals surface area contributed by atoms with Gasteiger partial charge in [0.05, 0.1) is 0 Å². The Morgan fingerprint density at radius 2 is 1.76 bits per heavy atom. The fourth-order valence-corrected chi connectivity index (χ4v) is 1.54. The Morgan fingerprint density at radius 3 is 2.18 bits per heavy atom. The van der Waals surface area contributed by atoms with Crippen molar-refractivity contribution in [2.75, 3.05) is 0 Å². The van der Waals surface area contributed by atoms with E-state index in [4.69, 9.17) is 9.47 Å². The summed E-state index contributed by atoms with van der Waals surface area (Å²) in [5.74, 6) is -4.42. The molecule has 0 bridgehead atoms. The van der Waals surface area contributed by atoms with Gasteiger partial charge in [-0.1, -0.05) is 0 Å². The van der Waals surface area contributed by atoms with Gasteiger partial charge in [0.25, 0.3) is 5.92 Å². The highest BCUT2D eigenvalue weighted by Gasteiger charge is 2.49. The van der Waals surface area contributed by atoms with Crippen LogP contribution in [0.4, 0.5) is 8.78 Å². The molecule has 0 aromatic carbocycles. The van der Waals surface area contributed by atoms with Gasteiger partial charge in [-0.05, 0) is 0 Å². The van der Waals surface area contributed by atoms with E-state index in [1.165, 1.54) is 0 Å². The van der Waals surface area contributed by atoms with Gasteiger partial charge in [-0.2, -0.15) is 0 Å². The summed E-state index contributed by atoms with van der Waals surface area (Å²) in [6, 6.07) is 0. The molecule has 0 radical (unpaired) electrons. The minimum Gasteiger partial charge on any atom is -0.456 e. The lowest BCUT2D eigenvalue weighted by molar-refractivity contribution is -0.209. The summed E-state index contributed by atoms with van der Waals surface area (Å²) in [6.45, 7) is 2.95. The molecule has 0 aromatic rings. The standard InChI is InChI=1S/C10H14F2O5/c1-5(13)15-7-4-8(10(3,11)12)17-9(7)16-6(2)14/h7-9H,4H2,1-3H3/t7-,8+,9+/m1/s1. The van der Waals surface area contributed by atoms with E-state index in [1.807, 2.05) is 0 Å². The highest BCUT2D eigenvalue weighted by atomic mass is 19.3. The summed E-state index contributed by atoms with van der Waals surface area (Å²) in [5.41, 5.74) is 0. The van der Waals surface area contributed by atoms with Crippen LogP contribution in [0.2, 0.25) is 0 Å². The maximum absolute atomic E-state index is 13.0. The van der Waals surface area contributed by atoms with Crippen LogP contribution in [0.1, 0.15) is 27.2 Å². The zero-order valence-corrected chi connectivity index (χ0v) is 9.74. The molecule has 3 atom stereocenters. The van der Waals surface area contributed by atoms with E-state index in [9.17, 15) is 18.4 Å². The van der Waals surface area contributed by atoms with Crippen molar-refractivity contribution in [3.05, 3.63) is 0 Å². The van der Waals surface area contributed by atoms with Crippen LogP contribution < -0.4 is 0 Å². The molecular formula is C10H14F2O5. The van der Waals surface area contributed by atoms with Crippen LogP contribution in [0.25, 0.3) is 0 Å². The van der Waals surface area contributed by atoms with Crippen molar-refractivity contribution in [1.29, 1.82) is 0 Å². The topological polar surface area (TPSA) is 61.8 Å². The van der Waals surface area contributed by atoms with Crippen LogP contribution in [0.15, 0.2) is 0 Å². The summed E-state index contributed by atoms with van der Waals surface area (Å²) in [7, 11) is 0. The van der Waals surface area contributed by atoms with Gasteiger partial charge < -0.3 is 14.2 Å². The Morgan fingerprint density at radius 1 is 1.24 bits per heavy atom. The number of rotatable bonds is 3. The lowest BCUT2D eigenvalue weighted by Crippen LogP contribution is -2.31. The molecule has 17 heavy (non-hydrogen) atoms. The molecule has 1 rings (SSSR count). The molecule has 0 N–H and O–H groups in total. The molecule has 1 heterocycles. The third-order valence-electron chi connectivity index (χ3n) is 2.21. The summed E-state index contributed by atoms with van der Waals surface area (Å²) < 4.78 is 40.4. The first-order valence-corrected chi connectivity index (χ1v) is 5.08. The third-order valence-corrected chi connectivity index (χ3v) is 2.21. The van der Waals surface area contributed by atoms with Crippen LogP contribution in [0.3, 0.4) is 0 Å². The first-order valence-electron chi connectivity index (χ1n) is 5.08. The zero-order chi connectivity index (χ0) is 13.2. The smallest absolute Gasteiger partial charge is 0.305 e. The quantitative estimate of drug-likeness (QED) is 0.707. The SMILES string of the molecule is CC(=O)O[C@H]1O[C@H](C(C)(F)F)C[C@H]1OC(C)=O. The van der Waals surface area contributed by atoms with Crippen LogP contribution >= 0.6 is 0 Å². The zero-order valence-electron chi connectivity index (χ0n) is 9.74. The Hall–Kier alpha value is -1.24. The Labute approximate surface area is 97.0 Å². The second-order valence-corrected chi connectivity index (χ2v) is 3.94. The van der Waals surface area contributed by atoms with Crippen molar-refractivity contribution in [1.82, 2.24) is 0 Å². The van der Waals surface area contributed by atoms with Crippen molar-refractivity contribution in [2.24, 2.45) is 0 Å². The Bertz CT molecular complexity index is 288. The van der Waals surface area contributed by atoms with Crippen LogP contribution in [-0.4, -0.2) is 36.4 Å². The summed E-state index contributed by atoms with van der Waals surface area (Å²) in [4.78, 5) is 21.5. The summed E-state index contributed by atoms with van der Waals surface area (Å²) in [5, 5.41) is 0. The first kappa shape index (κ1) is 13.8. The van der Waals surface area contributed by atoms with Crippen LogP contribution in [0.5, 0.6) is 0 Å². The minimum absolute atomic E-state index is 0.207. The number of alkyl halides is 2. The summed E-state index contributed by atoms with van der Waals surface area (Å²) >= 11 is 0. The molecule has 0 spiro atoms. The lowest BCUT2D eigenvalue weighted by Gasteiger charge is -2.19. The van der Waals surface area contributed by atoms with Crippen molar-refractivity contribution in [2.45, 2.75) is 51.6 Å². The van der Waals surface area contributed by atoms with Gasteiger partial charge >= 0.3 is 11.9 Å². The Kier molecular flexibility index (Phi) is 4.03. The highest BCUT2D eigenvalue weighted by Crippen LogP contribution is 2.34. The van der Waals surface area contributed by atoms with Gasteiger partial charge in [0, 0.05) is 27.2 Å². The average molecular weight is 252 g/mol. The molecule has 0 aliphatic carbocycles. The number of carbonyl (C=O) groups excluding carboxylic acids is 2. The monoisotopic (exact) mass is 252 g/mol. The van der Waals surface area contributed by atoms with Crippen molar-refractivity contribution in [3.8, 4) is 0 Å². The lowest BCUT2D eigenvalue weighted by atomic mass is 10.1. The van der Waals surface area contributed by atoms with Gasteiger partial charge in [0.1, 0.15) is 6.10 Å². The maximum atomic E-state index is 13.0. The minimum atomic E-state index is -3.09. The van der Waals surface area contributed by atoms with Gasteiger partial charge in [0.15, 0.2) is 6.10 Å². The molecule has 0 aromatic heterocycles. The number of hydrogen-bond acceptors (Lipinski definition) is 5. The fraction of sp³-hybridized carbons (Fsp3) is 0.800. The van der Waals surface area contributed by atoms with E-state index in [2.05, 4.69) is 4.74 Å². The highest BCUT2D eigenvalue weighted by molar-refractivity contribution is 5.67. The van der Waals surface area contributed by atoms with E-state index in [0.29, 0.717) is 6.92 Å². The second-order valence-electron chi connectivity index (χ2n) is 3.94. The molecular weight excluding hydrogens is 238 g/mol. The predicted octanol–water partition coefficient (Wildman–Crippen LogP) is 1.25. The van der Waals surface area contributed by atoms with Crippen LogP contribution in [-0.2, 0) is 23.8 Å². The van der Waals surface area contributed by atoms with E-state index >= 15 is 0 Å². The fourth-order valence-electron chi connectivity index (χ4n) is 1.54. The molecule has 98 valence electrons. The molecule has 1 aliphatic rings. The van der Waals surface area contributed by atoms with Crippen LogP contribution in [0, 0.1) is 0 Å². The van der Waals surface area contributed by atoms with E-state index in [1.54, 1.807) is 0 Å². The second kappa shape index (κ2) is 4.95. The number of esters is 2. The normalized spacial score (nSPS) is 28.9. The van der Waals surface area contributed by atoms with Crippen molar-refractivity contribution >= 4 is 11.9 Å². The van der Waals surface area contributed by atoms with Gasteiger partial charge in [0.2, 0.25) is 6.29 Å². The molecule has 1 aliphatic heterocycles. The first-order chi connectivity index (χ1) is 7.70. The van der Waals surface area contributed by atoms with E-state index < -0.39 is 36.4 Å². The molecule has 0 unspecified atom stereocenters. The van der Waals surface area contributed by atoms with Crippen molar-refractivity contribution in [3.63, 3.8) is 0 Å². The number of carbonyl (C=O) groups is 2. The molecule has 0 saturated carbocycles. The predicted molar refractivity (Wildman–Crippen MR) is 51.2 cm³/mol. The summed E-state index contributed by atoms with van der Waals surface area (Å²) in [6.07, 6.45) is -3.91. The molecule has 5 nitrogen and oxygen atoms in total. The van der Waals surface area contributed by atoms with Crippen molar-refractivity contribution < 1.29 is 32.6 Å². The van der Waals surface area contributed by atoms with E-state index in [0.717, 1.165) is 13.8 Å². The molecule has 1 saturated heterocycles. The molecule has 0 amide bonds. The van der Waals surface area contributed by atoms with Gasteiger partial charge in [-0.3, -0.25) is 9.59 Å². The molecule has 7 heteroatoms. The molecule has 1 fully saturated rings. The average Bonchev–Trinajstić information content (AvgIpc) is 2.45. The number of ether oxygens (including phenoxy) is 3. The maximum Gasteiger partial charge on any atom is 0.305 e. The largest absolute Gasteiger partial charge is 0.456 e. The third kappa shape index (κ3) is 3.92. The van der Waals surface area contributed by atoms with Gasteiger partial charge in [-0.25, -0.2) is 8.78 Å². The Balaban J connectivity index is 2.71. The van der Waals surface area contributed by atoms with Gasteiger partial charge in [-0.15, -0.1) is 0 Å². The number of hydrogen-bond donors (Lipinski definition) is 0.